The molecular formula is C23H27F4N7. The van der Waals surface area contributed by atoms with E-state index in [4.69, 9.17) is 4.98 Å². The molecule has 3 heterocycles. The Balaban J connectivity index is 1.54. The van der Waals surface area contributed by atoms with Gasteiger partial charge in [0.15, 0.2) is 5.65 Å². The number of hydrogen-bond donors (Lipinski definition) is 3. The lowest BCUT2D eigenvalue weighted by Crippen LogP contribution is -2.30. The van der Waals surface area contributed by atoms with E-state index in [-0.39, 0.29) is 17.3 Å². The van der Waals surface area contributed by atoms with Gasteiger partial charge in [0.05, 0.1) is 11.8 Å². The quantitative estimate of drug-likeness (QED) is 0.416. The van der Waals surface area contributed by atoms with Gasteiger partial charge in [0.1, 0.15) is 12.2 Å². The highest BCUT2D eigenvalue weighted by Crippen LogP contribution is 2.35. The number of imidazole rings is 1. The van der Waals surface area contributed by atoms with Crippen LogP contribution in [0, 0.1) is 0 Å². The summed E-state index contributed by atoms with van der Waals surface area (Å²) in [7, 11) is 0. The van der Waals surface area contributed by atoms with Crippen LogP contribution in [-0.2, 0) is 12.9 Å². The monoisotopic (exact) mass is 477 g/mol. The fourth-order valence-corrected chi connectivity index (χ4v) is 4.85. The molecule has 0 spiro atoms. The Kier molecular flexibility index (Phi) is 6.28. The van der Waals surface area contributed by atoms with E-state index in [1.165, 1.54) is 18.9 Å². The minimum atomic E-state index is -4.58. The van der Waals surface area contributed by atoms with Crippen molar-refractivity contribution >= 4 is 28.7 Å². The van der Waals surface area contributed by atoms with Gasteiger partial charge in [-0.2, -0.15) is 18.2 Å². The maximum Gasteiger partial charge on any atom is 0.416 e. The van der Waals surface area contributed by atoms with E-state index in [2.05, 4.69) is 25.9 Å². The number of aromatic nitrogens is 4. The van der Waals surface area contributed by atoms with E-state index in [9.17, 15) is 17.6 Å². The minimum Gasteiger partial charge on any atom is -0.351 e. The second-order valence-electron chi connectivity index (χ2n) is 8.99. The molecule has 7 nitrogen and oxygen atoms in total. The molecule has 1 aliphatic heterocycles. The van der Waals surface area contributed by atoms with Crippen LogP contribution in [0.5, 0.6) is 0 Å². The van der Waals surface area contributed by atoms with Crippen LogP contribution in [0.2, 0.25) is 0 Å². The summed E-state index contributed by atoms with van der Waals surface area (Å²) in [6, 6.07) is 3.58. The number of anilines is 3. The van der Waals surface area contributed by atoms with Gasteiger partial charge in [-0.05, 0) is 62.5 Å². The second kappa shape index (κ2) is 9.36. The van der Waals surface area contributed by atoms with Crippen molar-refractivity contribution in [1.29, 1.82) is 0 Å². The predicted octanol–water partition coefficient (Wildman–Crippen LogP) is 5.34. The van der Waals surface area contributed by atoms with Crippen LogP contribution in [0.3, 0.4) is 0 Å². The van der Waals surface area contributed by atoms with Gasteiger partial charge < -0.3 is 16.0 Å². The molecule has 0 radical (unpaired) electrons. The van der Waals surface area contributed by atoms with Gasteiger partial charge in [-0.3, -0.25) is 4.57 Å². The molecule has 0 bridgehead atoms. The van der Waals surface area contributed by atoms with Crippen molar-refractivity contribution in [3.63, 3.8) is 0 Å². The van der Waals surface area contributed by atoms with Crippen LogP contribution in [0.4, 0.5) is 35.1 Å². The average molecular weight is 478 g/mol. The van der Waals surface area contributed by atoms with Gasteiger partial charge in [-0.25, -0.2) is 14.4 Å². The van der Waals surface area contributed by atoms with Gasteiger partial charge in [0.2, 0.25) is 11.9 Å². The Morgan fingerprint density at radius 2 is 1.79 bits per heavy atom. The first kappa shape index (κ1) is 22.8. The number of rotatable bonds is 6. The van der Waals surface area contributed by atoms with Crippen LogP contribution in [0.25, 0.3) is 11.2 Å². The molecule has 5 rings (SSSR count). The van der Waals surface area contributed by atoms with E-state index < -0.39 is 18.4 Å². The van der Waals surface area contributed by atoms with Gasteiger partial charge in [-0.15, -0.1) is 0 Å². The standard InChI is InChI=1S/C23H27F4N7/c24-12-14-9-15(23(25,26)27)11-17(10-14)31-22-32-19-13-29-21(30-16-3-1-2-4-16)33-20(19)34(22)18-5-7-28-8-6-18/h9-11,13,16,18,28H,1-8,12H2,(H,31,32)(H,29,30,33). The molecule has 0 atom stereocenters. The first-order valence-corrected chi connectivity index (χ1v) is 11.7. The normalized spacial score (nSPS) is 18.0. The SMILES string of the molecule is FCc1cc(Nc2nc3cnc(NC4CCCC4)nc3n2C2CCNCC2)cc(C(F)(F)F)c1. The lowest BCUT2D eigenvalue weighted by atomic mass is 10.1. The summed E-state index contributed by atoms with van der Waals surface area (Å²) >= 11 is 0. The summed E-state index contributed by atoms with van der Waals surface area (Å²) in [6.07, 6.45) is 3.23. The topological polar surface area (TPSA) is 79.7 Å². The number of fused-ring (bicyclic) bond motifs is 1. The third-order valence-electron chi connectivity index (χ3n) is 6.53. The molecular weight excluding hydrogens is 450 g/mol. The number of benzene rings is 1. The highest BCUT2D eigenvalue weighted by Gasteiger charge is 2.31. The molecule has 3 N–H and O–H groups in total. The molecule has 2 fully saturated rings. The fourth-order valence-electron chi connectivity index (χ4n) is 4.85. The molecule has 34 heavy (non-hydrogen) atoms. The zero-order valence-corrected chi connectivity index (χ0v) is 18.6. The molecule has 11 heteroatoms. The highest BCUT2D eigenvalue weighted by atomic mass is 19.4. The lowest BCUT2D eigenvalue weighted by Gasteiger charge is -2.26. The molecule has 2 aliphatic rings. The zero-order chi connectivity index (χ0) is 23.7. The van der Waals surface area contributed by atoms with Crippen LogP contribution in [0.1, 0.15) is 55.7 Å². The van der Waals surface area contributed by atoms with Crippen molar-refractivity contribution in [2.24, 2.45) is 0 Å². The van der Waals surface area contributed by atoms with Gasteiger partial charge >= 0.3 is 6.18 Å². The smallest absolute Gasteiger partial charge is 0.351 e. The van der Waals surface area contributed by atoms with Crippen LogP contribution < -0.4 is 16.0 Å². The fraction of sp³-hybridized carbons (Fsp3) is 0.522. The average Bonchev–Trinajstić information content (AvgIpc) is 3.46. The number of alkyl halides is 4. The Labute approximate surface area is 194 Å². The summed E-state index contributed by atoms with van der Waals surface area (Å²) in [5.41, 5.74) is 0.353. The molecule has 1 aromatic carbocycles. The summed E-state index contributed by atoms with van der Waals surface area (Å²) in [6.45, 7) is 0.639. The molecule has 0 amide bonds. The van der Waals surface area contributed by atoms with Gasteiger partial charge in [0.25, 0.3) is 0 Å². The van der Waals surface area contributed by atoms with Gasteiger partial charge in [0, 0.05) is 17.8 Å². The third-order valence-corrected chi connectivity index (χ3v) is 6.53. The van der Waals surface area contributed by atoms with E-state index in [1.807, 2.05) is 4.57 Å². The van der Waals surface area contributed by atoms with Gasteiger partial charge in [-0.1, -0.05) is 12.8 Å². The summed E-state index contributed by atoms with van der Waals surface area (Å²) in [5.74, 6) is 0.901. The van der Waals surface area contributed by atoms with Crippen molar-refractivity contribution in [3.05, 3.63) is 35.5 Å². The zero-order valence-electron chi connectivity index (χ0n) is 18.6. The van der Waals surface area contributed by atoms with Crippen molar-refractivity contribution in [2.45, 2.75) is 63.5 Å². The Bertz CT molecular complexity index is 1150. The van der Waals surface area contributed by atoms with Crippen LogP contribution >= 0.6 is 0 Å². The molecule has 1 aliphatic carbocycles. The number of nitrogens with zero attached hydrogens (tertiary/aromatic N) is 4. The third kappa shape index (κ3) is 4.79. The Morgan fingerprint density at radius 1 is 1.03 bits per heavy atom. The number of halogens is 4. The molecule has 1 saturated carbocycles. The van der Waals surface area contributed by atoms with Crippen molar-refractivity contribution in [3.8, 4) is 0 Å². The summed E-state index contributed by atoms with van der Waals surface area (Å²) < 4.78 is 55.4. The second-order valence-corrected chi connectivity index (χ2v) is 8.99. The predicted molar refractivity (Wildman–Crippen MR) is 122 cm³/mol. The molecule has 1 saturated heterocycles. The van der Waals surface area contributed by atoms with Crippen molar-refractivity contribution in [1.82, 2.24) is 24.8 Å². The van der Waals surface area contributed by atoms with E-state index >= 15 is 0 Å². The number of piperidine rings is 1. The minimum absolute atomic E-state index is 0.0512. The Hall–Kier alpha value is -2.95. The molecule has 182 valence electrons. The highest BCUT2D eigenvalue weighted by molar-refractivity contribution is 5.76. The maximum atomic E-state index is 13.4. The maximum absolute atomic E-state index is 13.4. The first-order valence-electron chi connectivity index (χ1n) is 11.7. The van der Waals surface area contributed by atoms with E-state index in [0.717, 1.165) is 50.9 Å². The van der Waals surface area contributed by atoms with E-state index in [1.54, 1.807) is 6.20 Å². The van der Waals surface area contributed by atoms with E-state index in [0.29, 0.717) is 29.1 Å². The van der Waals surface area contributed by atoms with Crippen molar-refractivity contribution < 1.29 is 17.6 Å². The number of hydrogen-bond acceptors (Lipinski definition) is 6. The summed E-state index contributed by atoms with van der Waals surface area (Å²) in [5, 5.41) is 9.74. The molecule has 2 aromatic heterocycles. The van der Waals surface area contributed by atoms with Crippen molar-refractivity contribution in [2.75, 3.05) is 23.7 Å². The first-order chi connectivity index (χ1) is 16.4. The van der Waals surface area contributed by atoms with Crippen LogP contribution in [-0.4, -0.2) is 38.7 Å². The Morgan fingerprint density at radius 3 is 2.50 bits per heavy atom. The van der Waals surface area contributed by atoms with Crippen LogP contribution in [0.15, 0.2) is 24.4 Å². The summed E-state index contributed by atoms with van der Waals surface area (Å²) in [4.78, 5) is 13.8. The molecule has 3 aromatic rings. The molecule has 0 unspecified atom stereocenters. The largest absolute Gasteiger partial charge is 0.416 e. The number of nitrogens with one attached hydrogen (secondary N) is 3. The lowest BCUT2D eigenvalue weighted by molar-refractivity contribution is -0.137.